The maximum absolute atomic E-state index is 12.4. The van der Waals surface area contributed by atoms with Crippen molar-refractivity contribution in [2.24, 2.45) is 7.05 Å². The van der Waals surface area contributed by atoms with Crippen molar-refractivity contribution in [3.05, 3.63) is 40.9 Å². The number of carbonyl (C=O) groups excluding carboxylic acids is 2. The van der Waals surface area contributed by atoms with Gasteiger partial charge in [0.05, 0.1) is 17.9 Å². The third-order valence-corrected chi connectivity index (χ3v) is 5.65. The first-order valence-electron chi connectivity index (χ1n) is 8.50. The number of amides is 1. The van der Waals surface area contributed by atoms with Gasteiger partial charge in [0.2, 0.25) is 5.91 Å². The number of anilines is 1. The van der Waals surface area contributed by atoms with Crippen LogP contribution in [0.4, 0.5) is 5.00 Å². The van der Waals surface area contributed by atoms with Crippen molar-refractivity contribution >= 4 is 40.0 Å². The minimum Gasteiger partial charge on any atom is -0.462 e. The predicted molar refractivity (Wildman–Crippen MR) is 109 cm³/mol. The van der Waals surface area contributed by atoms with Gasteiger partial charge in [-0.25, -0.2) is 4.79 Å². The number of aromatic nitrogens is 4. The predicted octanol–water partition coefficient (Wildman–Crippen LogP) is 3.15. The summed E-state index contributed by atoms with van der Waals surface area (Å²) >= 11 is 2.60. The zero-order valence-electron chi connectivity index (χ0n) is 15.6. The maximum Gasteiger partial charge on any atom is 0.341 e. The Morgan fingerprint density at radius 1 is 1.32 bits per heavy atom. The molecule has 3 aromatic heterocycles. The van der Waals surface area contributed by atoms with E-state index in [1.165, 1.54) is 23.1 Å². The lowest BCUT2D eigenvalue weighted by Gasteiger charge is -2.06. The Hall–Kier alpha value is -2.72. The number of esters is 1. The molecule has 0 saturated heterocycles. The van der Waals surface area contributed by atoms with Crippen LogP contribution in [-0.2, 0) is 16.6 Å². The van der Waals surface area contributed by atoms with Crippen molar-refractivity contribution in [3.63, 3.8) is 0 Å². The van der Waals surface area contributed by atoms with Crippen LogP contribution in [0.1, 0.15) is 22.2 Å². The molecule has 0 unspecified atom stereocenters. The second kappa shape index (κ2) is 8.98. The highest BCUT2D eigenvalue weighted by molar-refractivity contribution is 7.99. The fraction of sp³-hybridized carbons (Fsp3) is 0.278. The van der Waals surface area contributed by atoms with E-state index in [1.54, 1.807) is 23.8 Å². The van der Waals surface area contributed by atoms with Gasteiger partial charge in [-0.2, -0.15) is 0 Å². The van der Waals surface area contributed by atoms with Crippen molar-refractivity contribution in [1.82, 2.24) is 19.7 Å². The molecular formula is C18H19N5O3S2. The summed E-state index contributed by atoms with van der Waals surface area (Å²) in [7, 11) is 1.83. The van der Waals surface area contributed by atoms with Crippen molar-refractivity contribution in [2.75, 3.05) is 17.7 Å². The van der Waals surface area contributed by atoms with Gasteiger partial charge in [-0.05, 0) is 32.0 Å². The molecule has 0 bridgehead atoms. The second-order valence-corrected chi connectivity index (χ2v) is 7.94. The molecule has 0 spiro atoms. The van der Waals surface area contributed by atoms with Crippen LogP contribution >= 0.6 is 23.1 Å². The largest absolute Gasteiger partial charge is 0.462 e. The standard InChI is InChI=1S/C18H19N5O3S2/c1-4-26-17(25)12-9-11(2)28-16(12)20-14(24)10-27-18-22-21-15(23(18)3)13-7-5-6-8-19-13/h5-9H,4,10H2,1-3H3,(H,20,24). The first-order chi connectivity index (χ1) is 13.5. The van der Waals surface area contributed by atoms with Gasteiger partial charge in [-0.3, -0.25) is 9.78 Å². The van der Waals surface area contributed by atoms with E-state index >= 15 is 0 Å². The molecule has 1 N–H and O–H groups in total. The van der Waals surface area contributed by atoms with Crippen LogP contribution in [-0.4, -0.2) is 44.0 Å². The van der Waals surface area contributed by atoms with E-state index in [1.807, 2.05) is 32.2 Å². The summed E-state index contributed by atoms with van der Waals surface area (Å²) in [6, 6.07) is 7.27. The molecule has 0 saturated carbocycles. The number of pyridine rings is 1. The summed E-state index contributed by atoms with van der Waals surface area (Å²) < 4.78 is 6.83. The Morgan fingerprint density at radius 3 is 2.86 bits per heavy atom. The Bertz CT molecular complexity index is 985. The van der Waals surface area contributed by atoms with E-state index < -0.39 is 5.97 Å². The molecular weight excluding hydrogens is 398 g/mol. The highest BCUT2D eigenvalue weighted by atomic mass is 32.2. The summed E-state index contributed by atoms with van der Waals surface area (Å²) in [5.74, 6) is 0.0813. The fourth-order valence-electron chi connectivity index (χ4n) is 2.42. The third-order valence-electron chi connectivity index (χ3n) is 3.66. The molecule has 146 valence electrons. The number of rotatable bonds is 7. The van der Waals surface area contributed by atoms with Crippen LogP contribution in [0.2, 0.25) is 0 Å². The highest BCUT2D eigenvalue weighted by Gasteiger charge is 2.19. The van der Waals surface area contributed by atoms with Crippen LogP contribution in [0.5, 0.6) is 0 Å². The van der Waals surface area contributed by atoms with Gasteiger partial charge >= 0.3 is 5.97 Å². The fourth-order valence-corrected chi connectivity index (χ4v) is 4.05. The number of hydrogen-bond acceptors (Lipinski definition) is 8. The summed E-state index contributed by atoms with van der Waals surface area (Å²) in [6.45, 7) is 3.89. The molecule has 0 atom stereocenters. The van der Waals surface area contributed by atoms with E-state index in [2.05, 4.69) is 20.5 Å². The zero-order valence-corrected chi connectivity index (χ0v) is 17.3. The van der Waals surface area contributed by atoms with Gasteiger partial charge in [0.15, 0.2) is 11.0 Å². The molecule has 0 aromatic carbocycles. The van der Waals surface area contributed by atoms with E-state index in [0.717, 1.165) is 4.88 Å². The van der Waals surface area contributed by atoms with Crippen molar-refractivity contribution in [3.8, 4) is 11.5 Å². The van der Waals surface area contributed by atoms with E-state index in [4.69, 9.17) is 4.74 Å². The monoisotopic (exact) mass is 417 g/mol. The molecule has 3 heterocycles. The quantitative estimate of drug-likeness (QED) is 0.466. The molecule has 0 aliphatic carbocycles. The van der Waals surface area contributed by atoms with Gasteiger partial charge in [-0.15, -0.1) is 21.5 Å². The van der Waals surface area contributed by atoms with E-state index in [9.17, 15) is 9.59 Å². The molecule has 0 fully saturated rings. The van der Waals surface area contributed by atoms with Gasteiger partial charge < -0.3 is 14.6 Å². The van der Waals surface area contributed by atoms with Gasteiger partial charge in [0, 0.05) is 18.1 Å². The number of thiophene rings is 1. The van der Waals surface area contributed by atoms with Gasteiger partial charge in [0.25, 0.3) is 0 Å². The Morgan fingerprint density at radius 2 is 2.14 bits per heavy atom. The lowest BCUT2D eigenvalue weighted by atomic mass is 10.3. The Kier molecular flexibility index (Phi) is 6.42. The number of thioether (sulfide) groups is 1. The number of ether oxygens (including phenoxy) is 1. The molecule has 0 radical (unpaired) electrons. The van der Waals surface area contributed by atoms with Crippen LogP contribution < -0.4 is 5.32 Å². The molecule has 1 amide bonds. The number of hydrogen-bond donors (Lipinski definition) is 1. The first kappa shape index (κ1) is 20.0. The third kappa shape index (κ3) is 4.57. The minimum atomic E-state index is -0.442. The molecule has 3 rings (SSSR count). The molecule has 8 nitrogen and oxygen atoms in total. The van der Waals surface area contributed by atoms with Gasteiger partial charge in [-0.1, -0.05) is 17.8 Å². The molecule has 0 aliphatic rings. The lowest BCUT2D eigenvalue weighted by molar-refractivity contribution is -0.113. The molecule has 10 heteroatoms. The van der Waals surface area contributed by atoms with E-state index in [-0.39, 0.29) is 18.3 Å². The number of carbonyl (C=O) groups is 2. The maximum atomic E-state index is 12.4. The van der Waals surface area contributed by atoms with Crippen LogP contribution in [0, 0.1) is 6.92 Å². The minimum absolute atomic E-state index is 0.132. The first-order valence-corrected chi connectivity index (χ1v) is 10.3. The summed E-state index contributed by atoms with van der Waals surface area (Å²) in [5, 5.41) is 12.2. The normalized spacial score (nSPS) is 10.7. The van der Waals surface area contributed by atoms with Crippen LogP contribution in [0.25, 0.3) is 11.5 Å². The number of nitrogens with zero attached hydrogens (tertiary/aromatic N) is 4. The number of nitrogens with one attached hydrogen (secondary N) is 1. The molecule has 0 aliphatic heterocycles. The Balaban J connectivity index is 1.64. The summed E-state index contributed by atoms with van der Waals surface area (Å²) in [5.41, 5.74) is 1.08. The topological polar surface area (TPSA) is 99.0 Å². The average molecular weight is 418 g/mol. The van der Waals surface area contributed by atoms with Crippen molar-refractivity contribution in [2.45, 2.75) is 19.0 Å². The second-order valence-electron chi connectivity index (χ2n) is 5.74. The summed E-state index contributed by atoms with van der Waals surface area (Å²) in [4.78, 5) is 29.6. The lowest BCUT2D eigenvalue weighted by Crippen LogP contribution is -2.16. The number of aryl methyl sites for hydroxylation is 1. The molecule has 3 aromatic rings. The Labute approximate surface area is 170 Å². The van der Waals surface area contributed by atoms with Crippen molar-refractivity contribution in [1.29, 1.82) is 0 Å². The zero-order chi connectivity index (χ0) is 20.1. The molecule has 28 heavy (non-hydrogen) atoms. The average Bonchev–Trinajstić information content (AvgIpc) is 3.23. The smallest absolute Gasteiger partial charge is 0.341 e. The van der Waals surface area contributed by atoms with Crippen molar-refractivity contribution < 1.29 is 14.3 Å². The van der Waals surface area contributed by atoms with Crippen LogP contribution in [0.3, 0.4) is 0 Å². The summed E-state index contributed by atoms with van der Waals surface area (Å²) in [6.07, 6.45) is 1.69. The SMILES string of the molecule is CCOC(=O)c1cc(C)sc1NC(=O)CSc1nnc(-c2ccccn2)n1C. The van der Waals surface area contributed by atoms with Gasteiger partial charge in [0.1, 0.15) is 10.7 Å². The highest BCUT2D eigenvalue weighted by Crippen LogP contribution is 2.29. The van der Waals surface area contributed by atoms with Crippen LogP contribution in [0.15, 0.2) is 35.6 Å². The van der Waals surface area contributed by atoms with E-state index in [0.29, 0.717) is 27.2 Å².